The maximum atomic E-state index is 12.9. The fourth-order valence-electron chi connectivity index (χ4n) is 4.47. The van der Waals surface area contributed by atoms with Crippen LogP contribution in [-0.4, -0.2) is 5.78 Å². The second kappa shape index (κ2) is 12.5. The highest BCUT2D eigenvalue weighted by molar-refractivity contribution is 6.09. The van der Waals surface area contributed by atoms with Gasteiger partial charge in [-0.2, -0.15) is 0 Å². The lowest BCUT2D eigenvalue weighted by Crippen LogP contribution is -2.05. The normalized spacial score (nSPS) is 11.4. The van der Waals surface area contributed by atoms with Crippen molar-refractivity contribution in [2.45, 2.75) is 119 Å². The van der Waals surface area contributed by atoms with Crippen LogP contribution in [0.1, 0.15) is 163 Å². The van der Waals surface area contributed by atoms with Crippen molar-refractivity contribution < 1.29 is 4.79 Å². The third-order valence-electron chi connectivity index (χ3n) is 6.87. The molecule has 0 spiro atoms. The first kappa shape index (κ1) is 29.5. The van der Waals surface area contributed by atoms with Gasteiger partial charge in [-0.05, 0) is 80.7 Å². The third-order valence-corrected chi connectivity index (χ3v) is 6.87. The van der Waals surface area contributed by atoms with E-state index in [1.165, 1.54) is 33.4 Å². The summed E-state index contributed by atoms with van der Waals surface area (Å²) in [5, 5.41) is 0. The van der Waals surface area contributed by atoms with Crippen molar-refractivity contribution in [2.75, 3.05) is 0 Å². The topological polar surface area (TPSA) is 17.1 Å². The molecule has 0 bridgehead atoms. The predicted molar refractivity (Wildman–Crippen MR) is 156 cm³/mol. The minimum atomic E-state index is -0.329. The Labute approximate surface area is 221 Å². The van der Waals surface area contributed by atoms with Gasteiger partial charge in [0.1, 0.15) is 0 Å². The molecule has 0 atom stereocenters. The van der Waals surface area contributed by atoms with E-state index in [1.54, 1.807) is 0 Å². The van der Waals surface area contributed by atoms with E-state index >= 15 is 0 Å². The Morgan fingerprint density at radius 2 is 0.722 bits per heavy atom. The molecule has 0 N–H and O–H groups in total. The van der Waals surface area contributed by atoms with Crippen LogP contribution < -0.4 is 0 Å². The molecule has 0 unspecified atom stereocenters. The Kier molecular flexibility index (Phi) is 10.2. The highest BCUT2D eigenvalue weighted by atomic mass is 16.1. The molecule has 1 heteroatoms. The highest BCUT2D eigenvalue weighted by Gasteiger charge is 2.17. The molecular formula is C35H46O. The molecule has 2 rings (SSSR count). The second-order valence-electron chi connectivity index (χ2n) is 11.9. The van der Waals surface area contributed by atoms with Crippen molar-refractivity contribution in [3.8, 4) is 23.7 Å². The number of rotatable bonds is 6. The van der Waals surface area contributed by atoms with E-state index in [0.29, 0.717) is 35.5 Å². The van der Waals surface area contributed by atoms with Crippen LogP contribution >= 0.6 is 0 Å². The number of carbonyl (C=O) groups excluding carboxylic acids is 1. The van der Waals surface area contributed by atoms with Gasteiger partial charge in [-0.1, -0.05) is 119 Å². The Bertz CT molecular complexity index is 1060. The van der Waals surface area contributed by atoms with Crippen molar-refractivity contribution in [1.82, 2.24) is 0 Å². The van der Waals surface area contributed by atoms with Gasteiger partial charge >= 0.3 is 0 Å². The number of hydrogen-bond acceptors (Lipinski definition) is 1. The van der Waals surface area contributed by atoms with Crippen LogP contribution in [-0.2, 0) is 4.79 Å². The number of ketones is 1. The van der Waals surface area contributed by atoms with E-state index in [9.17, 15) is 4.79 Å². The average molecular weight is 483 g/mol. The van der Waals surface area contributed by atoms with Crippen molar-refractivity contribution in [2.24, 2.45) is 0 Å². The smallest absolute Gasteiger partial charge is 0.270 e. The zero-order valence-corrected chi connectivity index (χ0v) is 24.7. The molecule has 0 fully saturated rings. The molecule has 0 aliphatic heterocycles. The number of Topliss-reactive ketones (excluding diaryl/α,β-unsaturated/α-hetero) is 1. The summed E-state index contributed by atoms with van der Waals surface area (Å²) in [5.41, 5.74) is 9.49. The van der Waals surface area contributed by atoms with Crippen LogP contribution in [0, 0.1) is 23.7 Å². The molecule has 0 heterocycles. The molecule has 2 aromatic carbocycles. The van der Waals surface area contributed by atoms with Crippen LogP contribution in [0.2, 0.25) is 0 Å². The minimum absolute atomic E-state index is 0.327. The molecule has 36 heavy (non-hydrogen) atoms. The largest absolute Gasteiger partial charge is 0.279 e. The molecule has 0 amide bonds. The first-order valence-electron chi connectivity index (χ1n) is 13.7. The van der Waals surface area contributed by atoms with Crippen molar-refractivity contribution in [1.29, 1.82) is 0 Å². The molecular weight excluding hydrogens is 436 g/mol. The van der Waals surface area contributed by atoms with Crippen LogP contribution in [0.3, 0.4) is 0 Å². The highest BCUT2D eigenvalue weighted by Crippen LogP contribution is 2.33. The standard InChI is InChI=1S/C35H46O/c1-21(2)27-17-32(23(5)6)30(33(18-27)24(7)8)15-13-29(36)14-16-31-34(25(9)10)19-28(22(3)4)20-35(31)26(11)12/h17-26H,1-12H3. The zero-order chi connectivity index (χ0) is 27.3. The molecule has 192 valence electrons. The summed E-state index contributed by atoms with van der Waals surface area (Å²) < 4.78 is 0. The van der Waals surface area contributed by atoms with Gasteiger partial charge in [0, 0.05) is 11.1 Å². The summed E-state index contributed by atoms with van der Waals surface area (Å²) in [5.74, 6) is 14.1. The van der Waals surface area contributed by atoms with E-state index in [0.717, 1.165) is 11.1 Å². The van der Waals surface area contributed by atoms with Gasteiger partial charge in [0.25, 0.3) is 5.78 Å². The maximum Gasteiger partial charge on any atom is 0.279 e. The summed E-state index contributed by atoms with van der Waals surface area (Å²) in [4.78, 5) is 12.9. The van der Waals surface area contributed by atoms with Gasteiger partial charge in [-0.25, -0.2) is 0 Å². The van der Waals surface area contributed by atoms with Gasteiger partial charge in [0.2, 0.25) is 0 Å². The molecule has 0 saturated heterocycles. The fourth-order valence-corrected chi connectivity index (χ4v) is 4.47. The van der Waals surface area contributed by atoms with Crippen LogP contribution in [0.25, 0.3) is 0 Å². The van der Waals surface area contributed by atoms with E-state index in [-0.39, 0.29) is 5.78 Å². The molecule has 0 aliphatic carbocycles. The van der Waals surface area contributed by atoms with Gasteiger partial charge in [-0.3, -0.25) is 4.79 Å². The first-order valence-corrected chi connectivity index (χ1v) is 13.7. The summed E-state index contributed by atoms with van der Waals surface area (Å²) in [6.45, 7) is 26.4. The maximum absolute atomic E-state index is 12.9. The van der Waals surface area contributed by atoms with E-state index < -0.39 is 0 Å². The summed E-state index contributed by atoms with van der Waals surface area (Å²) in [7, 11) is 0. The SMILES string of the molecule is CC(C)c1cc(C(C)C)c(C#CC(=O)C#Cc2c(C(C)C)cc(C(C)C)cc2C(C)C)c(C(C)C)c1. The Hall–Kier alpha value is -2.77. The van der Waals surface area contributed by atoms with E-state index in [2.05, 4.69) is 131 Å². The van der Waals surface area contributed by atoms with Crippen LogP contribution in [0.15, 0.2) is 24.3 Å². The summed E-state index contributed by atoms with van der Waals surface area (Å²) in [6.07, 6.45) is 0. The molecule has 0 aliphatic rings. The lowest BCUT2D eigenvalue weighted by molar-refractivity contribution is -0.108. The van der Waals surface area contributed by atoms with E-state index in [4.69, 9.17) is 0 Å². The van der Waals surface area contributed by atoms with Gasteiger partial charge < -0.3 is 0 Å². The number of hydrogen-bond donors (Lipinski definition) is 0. The third kappa shape index (κ3) is 7.14. The first-order chi connectivity index (χ1) is 16.7. The quantitative estimate of drug-likeness (QED) is 0.375. The lowest BCUT2D eigenvalue weighted by atomic mass is 9.84. The lowest BCUT2D eigenvalue weighted by Gasteiger charge is -2.20. The molecule has 0 radical (unpaired) electrons. The monoisotopic (exact) mass is 482 g/mol. The molecule has 0 saturated carbocycles. The number of benzene rings is 2. The van der Waals surface area contributed by atoms with Gasteiger partial charge in [-0.15, -0.1) is 0 Å². The predicted octanol–water partition coefficient (Wildman–Crippen LogP) is 9.40. The molecule has 0 aromatic heterocycles. The van der Waals surface area contributed by atoms with Crippen LogP contribution in [0.5, 0.6) is 0 Å². The minimum Gasteiger partial charge on any atom is -0.270 e. The van der Waals surface area contributed by atoms with Gasteiger partial charge in [0.05, 0.1) is 0 Å². The Morgan fingerprint density at radius 1 is 0.472 bits per heavy atom. The molecule has 1 nitrogen and oxygen atoms in total. The van der Waals surface area contributed by atoms with Crippen molar-refractivity contribution in [3.05, 3.63) is 68.8 Å². The van der Waals surface area contributed by atoms with Crippen molar-refractivity contribution >= 4 is 5.78 Å². The van der Waals surface area contributed by atoms with E-state index in [1.807, 2.05) is 0 Å². The number of carbonyl (C=O) groups is 1. The second-order valence-corrected chi connectivity index (χ2v) is 11.9. The zero-order valence-electron chi connectivity index (χ0n) is 24.7. The van der Waals surface area contributed by atoms with Crippen LogP contribution in [0.4, 0.5) is 0 Å². The average Bonchev–Trinajstić information content (AvgIpc) is 2.79. The Balaban J connectivity index is 2.61. The summed E-state index contributed by atoms with van der Waals surface area (Å²) >= 11 is 0. The van der Waals surface area contributed by atoms with Crippen molar-refractivity contribution in [3.63, 3.8) is 0 Å². The van der Waals surface area contributed by atoms with Gasteiger partial charge in [0.15, 0.2) is 0 Å². The summed E-state index contributed by atoms with van der Waals surface area (Å²) in [6, 6.07) is 9.06. The Morgan fingerprint density at radius 3 is 0.917 bits per heavy atom. The fraction of sp³-hybridized carbons (Fsp3) is 0.514. The molecule has 2 aromatic rings.